The molecule has 104 valence electrons. The van der Waals surface area contributed by atoms with Gasteiger partial charge in [0.25, 0.3) is 0 Å². The molecule has 4 heteroatoms. The lowest BCUT2D eigenvalue weighted by molar-refractivity contribution is 0.491. The lowest BCUT2D eigenvalue weighted by atomic mass is 10.1. The minimum atomic E-state index is 0.358. The third-order valence-corrected chi connectivity index (χ3v) is 4.22. The Kier molecular flexibility index (Phi) is 5.16. The van der Waals surface area contributed by atoms with Crippen molar-refractivity contribution in [2.24, 2.45) is 0 Å². The van der Waals surface area contributed by atoms with E-state index in [1.54, 1.807) is 0 Å². The second kappa shape index (κ2) is 6.87. The maximum absolute atomic E-state index is 4.66. The van der Waals surface area contributed by atoms with Gasteiger partial charge in [-0.15, -0.1) is 11.3 Å². The first-order valence-corrected chi connectivity index (χ1v) is 7.98. The van der Waals surface area contributed by atoms with E-state index >= 15 is 0 Å². The summed E-state index contributed by atoms with van der Waals surface area (Å²) in [5.74, 6) is 0. The summed E-state index contributed by atoms with van der Waals surface area (Å²) in [6.07, 6.45) is 2.04. The van der Waals surface area contributed by atoms with E-state index in [0.29, 0.717) is 6.04 Å². The first-order valence-electron chi connectivity index (χ1n) is 7.10. The Morgan fingerprint density at radius 2 is 2.21 bits per heavy atom. The van der Waals surface area contributed by atoms with Gasteiger partial charge in [-0.25, -0.2) is 0 Å². The van der Waals surface area contributed by atoms with Crippen LogP contribution in [0.5, 0.6) is 0 Å². The van der Waals surface area contributed by atoms with Crippen LogP contribution in [0, 0.1) is 0 Å². The van der Waals surface area contributed by atoms with Gasteiger partial charge >= 0.3 is 0 Å². The van der Waals surface area contributed by atoms with Crippen molar-refractivity contribution in [1.29, 1.82) is 0 Å². The summed E-state index contributed by atoms with van der Waals surface area (Å²) in [7, 11) is 0. The number of aromatic nitrogens is 2. The Labute approximate surface area is 119 Å². The number of likely N-dealkylation sites (N-methyl/N-ethyl adjacent to an activating group) is 1. The minimum Gasteiger partial charge on any atom is -0.309 e. The van der Waals surface area contributed by atoms with Crippen LogP contribution < -0.4 is 5.32 Å². The van der Waals surface area contributed by atoms with E-state index in [4.69, 9.17) is 0 Å². The molecule has 2 aromatic heterocycles. The third-order valence-electron chi connectivity index (χ3n) is 3.32. The Balaban J connectivity index is 2.24. The Morgan fingerprint density at radius 1 is 1.37 bits per heavy atom. The van der Waals surface area contributed by atoms with Crippen LogP contribution in [0.1, 0.15) is 43.1 Å². The van der Waals surface area contributed by atoms with Gasteiger partial charge in [0.1, 0.15) is 0 Å². The highest BCUT2D eigenvalue weighted by Gasteiger charge is 2.17. The topological polar surface area (TPSA) is 29.9 Å². The molecule has 0 amide bonds. The molecule has 19 heavy (non-hydrogen) atoms. The van der Waals surface area contributed by atoms with Crippen LogP contribution in [0.15, 0.2) is 23.6 Å². The molecule has 0 saturated carbocycles. The average molecular weight is 277 g/mol. The van der Waals surface area contributed by atoms with Crippen molar-refractivity contribution < 1.29 is 0 Å². The molecule has 3 nitrogen and oxygen atoms in total. The average Bonchev–Trinajstić information content (AvgIpc) is 3.06. The zero-order valence-electron chi connectivity index (χ0n) is 12.0. The third kappa shape index (κ3) is 3.45. The van der Waals surface area contributed by atoms with E-state index in [-0.39, 0.29) is 0 Å². The second-order valence-corrected chi connectivity index (χ2v) is 5.66. The summed E-state index contributed by atoms with van der Waals surface area (Å²) < 4.78 is 2.14. The highest BCUT2D eigenvalue weighted by Crippen LogP contribution is 2.22. The number of rotatable bonds is 7. The predicted octanol–water partition coefficient (Wildman–Crippen LogP) is 3.42. The maximum atomic E-state index is 4.66. The van der Waals surface area contributed by atoms with E-state index in [0.717, 1.165) is 25.9 Å². The Hall–Kier alpha value is -1.13. The molecule has 0 fully saturated rings. The summed E-state index contributed by atoms with van der Waals surface area (Å²) in [5.41, 5.74) is 2.50. The van der Waals surface area contributed by atoms with Crippen LogP contribution in [-0.4, -0.2) is 16.3 Å². The number of nitrogens with zero attached hydrogens (tertiary/aromatic N) is 2. The highest BCUT2D eigenvalue weighted by atomic mass is 32.1. The molecule has 0 bridgehead atoms. The standard InChI is InChI=1S/C15H23N3S/c1-4-12-10-15(18(6-3)17-12)14(16-5-2)11-13-8-7-9-19-13/h7-10,14,16H,4-6,11H2,1-3H3. The molecule has 1 unspecified atom stereocenters. The summed E-state index contributed by atoms with van der Waals surface area (Å²) in [4.78, 5) is 1.42. The zero-order chi connectivity index (χ0) is 13.7. The lowest BCUT2D eigenvalue weighted by Gasteiger charge is -2.18. The monoisotopic (exact) mass is 277 g/mol. The van der Waals surface area contributed by atoms with Gasteiger partial charge in [0.05, 0.1) is 17.4 Å². The molecule has 0 spiro atoms. The molecule has 0 aromatic carbocycles. The van der Waals surface area contributed by atoms with Gasteiger partial charge in [0.15, 0.2) is 0 Å². The first-order chi connectivity index (χ1) is 9.28. The summed E-state index contributed by atoms with van der Waals surface area (Å²) in [5, 5.41) is 10.4. The number of aryl methyl sites for hydroxylation is 2. The zero-order valence-corrected chi connectivity index (χ0v) is 12.8. The number of hydrogen-bond donors (Lipinski definition) is 1. The van der Waals surface area contributed by atoms with Crippen molar-refractivity contribution >= 4 is 11.3 Å². The number of thiophene rings is 1. The van der Waals surface area contributed by atoms with E-state index in [2.05, 4.69) is 59.4 Å². The molecule has 0 saturated heterocycles. The van der Waals surface area contributed by atoms with Crippen LogP contribution in [0.2, 0.25) is 0 Å². The van der Waals surface area contributed by atoms with Gasteiger partial charge in [0, 0.05) is 17.8 Å². The molecular formula is C15H23N3S. The van der Waals surface area contributed by atoms with E-state index in [1.807, 2.05) is 11.3 Å². The first kappa shape index (κ1) is 14.3. The quantitative estimate of drug-likeness (QED) is 0.840. The van der Waals surface area contributed by atoms with Gasteiger partial charge in [-0.1, -0.05) is 19.9 Å². The van der Waals surface area contributed by atoms with Crippen molar-refractivity contribution in [3.63, 3.8) is 0 Å². The van der Waals surface area contributed by atoms with Gasteiger partial charge in [-0.2, -0.15) is 5.10 Å². The minimum absolute atomic E-state index is 0.358. The van der Waals surface area contributed by atoms with E-state index in [1.165, 1.54) is 16.3 Å². The number of hydrogen-bond acceptors (Lipinski definition) is 3. The molecule has 0 aliphatic rings. The maximum Gasteiger partial charge on any atom is 0.0625 e. The normalized spacial score (nSPS) is 12.8. The largest absolute Gasteiger partial charge is 0.309 e. The van der Waals surface area contributed by atoms with Crippen LogP contribution in [0.25, 0.3) is 0 Å². The van der Waals surface area contributed by atoms with Crippen molar-refractivity contribution in [2.75, 3.05) is 6.54 Å². The van der Waals surface area contributed by atoms with Gasteiger partial charge in [-0.05, 0) is 37.4 Å². The molecule has 0 aliphatic heterocycles. The van der Waals surface area contributed by atoms with Gasteiger partial charge in [-0.3, -0.25) is 4.68 Å². The molecule has 2 heterocycles. The summed E-state index contributed by atoms with van der Waals surface area (Å²) in [6, 6.07) is 6.95. The predicted molar refractivity (Wildman–Crippen MR) is 81.7 cm³/mol. The van der Waals surface area contributed by atoms with Crippen LogP contribution in [0.3, 0.4) is 0 Å². The fourth-order valence-corrected chi connectivity index (χ4v) is 3.10. The van der Waals surface area contributed by atoms with Crippen molar-refractivity contribution in [1.82, 2.24) is 15.1 Å². The van der Waals surface area contributed by atoms with E-state index < -0.39 is 0 Å². The van der Waals surface area contributed by atoms with Crippen molar-refractivity contribution in [3.8, 4) is 0 Å². The molecule has 2 rings (SSSR count). The van der Waals surface area contributed by atoms with E-state index in [9.17, 15) is 0 Å². The van der Waals surface area contributed by atoms with Crippen molar-refractivity contribution in [2.45, 2.75) is 46.2 Å². The Bertz CT molecular complexity index is 487. The summed E-state index contributed by atoms with van der Waals surface area (Å²) >= 11 is 1.83. The van der Waals surface area contributed by atoms with Gasteiger partial charge < -0.3 is 5.32 Å². The second-order valence-electron chi connectivity index (χ2n) is 4.62. The molecule has 0 aliphatic carbocycles. The number of nitrogens with one attached hydrogen (secondary N) is 1. The fourth-order valence-electron chi connectivity index (χ4n) is 2.35. The molecule has 2 aromatic rings. The van der Waals surface area contributed by atoms with Crippen LogP contribution in [0.4, 0.5) is 0 Å². The van der Waals surface area contributed by atoms with Gasteiger partial charge in [0.2, 0.25) is 0 Å². The van der Waals surface area contributed by atoms with Crippen LogP contribution in [-0.2, 0) is 19.4 Å². The molecule has 1 atom stereocenters. The smallest absolute Gasteiger partial charge is 0.0625 e. The summed E-state index contributed by atoms with van der Waals surface area (Å²) in [6.45, 7) is 8.39. The van der Waals surface area contributed by atoms with Crippen LogP contribution >= 0.6 is 11.3 Å². The molecule has 0 radical (unpaired) electrons. The molecular weight excluding hydrogens is 254 g/mol. The SMILES string of the molecule is CCNC(Cc1cccs1)c1cc(CC)nn1CC. The highest BCUT2D eigenvalue weighted by molar-refractivity contribution is 7.09. The molecule has 1 N–H and O–H groups in total. The lowest BCUT2D eigenvalue weighted by Crippen LogP contribution is -2.25. The fraction of sp³-hybridized carbons (Fsp3) is 0.533. The van der Waals surface area contributed by atoms with Crippen molar-refractivity contribution in [3.05, 3.63) is 39.8 Å². The Morgan fingerprint density at radius 3 is 2.79 bits per heavy atom.